The average molecular weight is 379 g/mol. The largest absolute Gasteiger partial charge is 0.342 e. The molecule has 1 aromatic carbocycles. The number of amides is 2. The molecule has 0 N–H and O–H groups in total. The highest BCUT2D eigenvalue weighted by Crippen LogP contribution is 2.33. The SMILES string of the molecule is Cc1ccc(N2CC(C(=O)N3CCCC(C)C3)CC2=O)c(Br)c1. The van der Waals surface area contributed by atoms with Crippen LogP contribution in [-0.2, 0) is 9.59 Å². The summed E-state index contributed by atoms with van der Waals surface area (Å²) in [7, 11) is 0. The summed E-state index contributed by atoms with van der Waals surface area (Å²) >= 11 is 3.54. The monoisotopic (exact) mass is 378 g/mol. The van der Waals surface area contributed by atoms with E-state index in [0.29, 0.717) is 18.9 Å². The topological polar surface area (TPSA) is 40.6 Å². The van der Waals surface area contributed by atoms with Crippen molar-refractivity contribution in [2.24, 2.45) is 11.8 Å². The number of carbonyl (C=O) groups excluding carboxylic acids is 2. The zero-order valence-electron chi connectivity index (χ0n) is 13.7. The second-order valence-electron chi connectivity index (χ2n) is 6.89. The first-order valence-corrected chi connectivity index (χ1v) is 9.10. The molecule has 0 bridgehead atoms. The molecule has 2 heterocycles. The number of nitrogens with zero attached hydrogens (tertiary/aromatic N) is 2. The van der Waals surface area contributed by atoms with Crippen molar-refractivity contribution in [1.29, 1.82) is 0 Å². The van der Waals surface area contributed by atoms with E-state index in [4.69, 9.17) is 0 Å². The number of hydrogen-bond donors (Lipinski definition) is 0. The predicted octanol–water partition coefficient (Wildman–Crippen LogP) is 3.37. The molecular formula is C18H23BrN2O2. The minimum atomic E-state index is -0.207. The Bertz CT molecular complexity index is 631. The molecule has 0 spiro atoms. The highest BCUT2D eigenvalue weighted by Gasteiger charge is 2.38. The molecule has 0 aliphatic carbocycles. The van der Waals surface area contributed by atoms with Gasteiger partial charge in [-0.25, -0.2) is 0 Å². The van der Waals surface area contributed by atoms with Crippen LogP contribution in [0.25, 0.3) is 0 Å². The molecule has 0 radical (unpaired) electrons. The van der Waals surface area contributed by atoms with Crippen molar-refractivity contribution in [2.45, 2.75) is 33.1 Å². The van der Waals surface area contributed by atoms with Crippen LogP contribution in [0.1, 0.15) is 31.7 Å². The van der Waals surface area contributed by atoms with Crippen LogP contribution in [0.15, 0.2) is 22.7 Å². The number of anilines is 1. The van der Waals surface area contributed by atoms with Crippen LogP contribution in [0.2, 0.25) is 0 Å². The first-order chi connectivity index (χ1) is 11.0. The van der Waals surface area contributed by atoms with Crippen molar-refractivity contribution in [3.63, 3.8) is 0 Å². The third kappa shape index (κ3) is 3.44. The van der Waals surface area contributed by atoms with Crippen molar-refractivity contribution in [3.8, 4) is 0 Å². The first-order valence-electron chi connectivity index (χ1n) is 8.31. The quantitative estimate of drug-likeness (QED) is 0.791. The lowest BCUT2D eigenvalue weighted by Gasteiger charge is -2.32. The number of carbonyl (C=O) groups is 2. The fourth-order valence-corrected chi connectivity index (χ4v) is 4.29. The second kappa shape index (κ2) is 6.63. The number of halogens is 1. The lowest BCUT2D eigenvalue weighted by atomic mass is 9.98. The van der Waals surface area contributed by atoms with Gasteiger partial charge >= 0.3 is 0 Å². The van der Waals surface area contributed by atoms with Crippen molar-refractivity contribution < 1.29 is 9.59 Å². The summed E-state index contributed by atoms with van der Waals surface area (Å²) in [5.74, 6) is 0.543. The minimum absolute atomic E-state index is 0.0398. The second-order valence-corrected chi connectivity index (χ2v) is 7.75. The van der Waals surface area contributed by atoms with E-state index in [1.165, 1.54) is 6.42 Å². The van der Waals surface area contributed by atoms with Gasteiger partial charge in [-0.05, 0) is 59.3 Å². The van der Waals surface area contributed by atoms with Crippen LogP contribution in [0.3, 0.4) is 0 Å². The third-order valence-electron chi connectivity index (χ3n) is 4.84. The molecule has 2 fully saturated rings. The van der Waals surface area contributed by atoms with E-state index in [-0.39, 0.29) is 17.7 Å². The molecule has 2 saturated heterocycles. The van der Waals surface area contributed by atoms with E-state index in [1.54, 1.807) is 4.90 Å². The Balaban J connectivity index is 1.73. The fourth-order valence-electron chi connectivity index (χ4n) is 3.58. The van der Waals surface area contributed by atoms with Gasteiger partial charge in [-0.15, -0.1) is 0 Å². The Morgan fingerprint density at radius 2 is 2.09 bits per heavy atom. The number of likely N-dealkylation sites (tertiary alicyclic amines) is 1. The maximum absolute atomic E-state index is 12.7. The van der Waals surface area contributed by atoms with E-state index in [2.05, 4.69) is 22.9 Å². The number of aryl methyl sites for hydroxylation is 1. The summed E-state index contributed by atoms with van der Waals surface area (Å²) in [5, 5.41) is 0. The van der Waals surface area contributed by atoms with Gasteiger partial charge in [-0.1, -0.05) is 13.0 Å². The normalized spacial score (nSPS) is 25.1. The molecule has 0 aromatic heterocycles. The summed E-state index contributed by atoms with van der Waals surface area (Å²) in [6.07, 6.45) is 2.58. The standard InChI is InChI=1S/C18H23BrN2O2/c1-12-5-6-16(15(19)8-12)21-11-14(9-17(21)22)18(23)20-7-3-4-13(2)10-20/h5-6,8,13-14H,3-4,7,9-11H2,1-2H3. The number of rotatable bonds is 2. The van der Waals surface area contributed by atoms with Crippen LogP contribution in [0, 0.1) is 18.8 Å². The summed E-state index contributed by atoms with van der Waals surface area (Å²) < 4.78 is 0.908. The van der Waals surface area contributed by atoms with Crippen LogP contribution in [0.5, 0.6) is 0 Å². The number of benzene rings is 1. The molecule has 2 amide bonds. The van der Waals surface area contributed by atoms with Crippen molar-refractivity contribution in [1.82, 2.24) is 4.90 Å². The lowest BCUT2D eigenvalue weighted by Crippen LogP contribution is -2.43. The molecule has 23 heavy (non-hydrogen) atoms. The molecular weight excluding hydrogens is 356 g/mol. The molecule has 5 heteroatoms. The van der Waals surface area contributed by atoms with E-state index in [0.717, 1.165) is 35.2 Å². The van der Waals surface area contributed by atoms with Crippen molar-refractivity contribution in [3.05, 3.63) is 28.2 Å². The van der Waals surface area contributed by atoms with Gasteiger partial charge in [-0.2, -0.15) is 0 Å². The molecule has 124 valence electrons. The van der Waals surface area contributed by atoms with Gasteiger partial charge in [0.2, 0.25) is 11.8 Å². The smallest absolute Gasteiger partial charge is 0.228 e. The van der Waals surface area contributed by atoms with Gasteiger partial charge in [-0.3, -0.25) is 9.59 Å². The van der Waals surface area contributed by atoms with Gasteiger partial charge in [0.15, 0.2) is 0 Å². The van der Waals surface area contributed by atoms with E-state index >= 15 is 0 Å². The number of hydrogen-bond acceptors (Lipinski definition) is 2. The van der Waals surface area contributed by atoms with Gasteiger partial charge in [0.25, 0.3) is 0 Å². The first kappa shape index (κ1) is 16.5. The summed E-state index contributed by atoms with van der Waals surface area (Å²) in [6.45, 7) is 6.36. The fraction of sp³-hybridized carbons (Fsp3) is 0.556. The molecule has 1 aromatic rings. The molecule has 4 nitrogen and oxygen atoms in total. The Labute approximate surface area is 146 Å². The molecule has 2 aliphatic rings. The highest BCUT2D eigenvalue weighted by atomic mass is 79.9. The molecule has 3 rings (SSSR count). The van der Waals surface area contributed by atoms with Crippen LogP contribution >= 0.6 is 15.9 Å². The zero-order chi connectivity index (χ0) is 16.6. The molecule has 0 saturated carbocycles. The predicted molar refractivity (Wildman–Crippen MR) is 94.3 cm³/mol. The Hall–Kier alpha value is -1.36. The minimum Gasteiger partial charge on any atom is -0.342 e. The Morgan fingerprint density at radius 1 is 1.30 bits per heavy atom. The van der Waals surface area contributed by atoms with Crippen LogP contribution in [0.4, 0.5) is 5.69 Å². The van der Waals surface area contributed by atoms with Gasteiger partial charge in [0, 0.05) is 30.5 Å². The molecule has 2 atom stereocenters. The summed E-state index contributed by atoms with van der Waals surface area (Å²) in [4.78, 5) is 28.9. The van der Waals surface area contributed by atoms with E-state index < -0.39 is 0 Å². The summed E-state index contributed by atoms with van der Waals surface area (Å²) in [6, 6.07) is 5.95. The van der Waals surface area contributed by atoms with E-state index in [1.807, 2.05) is 30.0 Å². The van der Waals surface area contributed by atoms with E-state index in [9.17, 15) is 9.59 Å². The molecule has 2 aliphatic heterocycles. The van der Waals surface area contributed by atoms with Crippen LogP contribution < -0.4 is 4.90 Å². The van der Waals surface area contributed by atoms with Gasteiger partial charge < -0.3 is 9.80 Å². The highest BCUT2D eigenvalue weighted by molar-refractivity contribution is 9.10. The van der Waals surface area contributed by atoms with Crippen molar-refractivity contribution in [2.75, 3.05) is 24.5 Å². The third-order valence-corrected chi connectivity index (χ3v) is 5.47. The average Bonchev–Trinajstić information content (AvgIpc) is 2.88. The van der Waals surface area contributed by atoms with Gasteiger partial charge in [0.1, 0.15) is 0 Å². The number of piperidine rings is 1. The molecule has 2 unspecified atom stereocenters. The van der Waals surface area contributed by atoms with Crippen LogP contribution in [-0.4, -0.2) is 36.3 Å². The van der Waals surface area contributed by atoms with Crippen molar-refractivity contribution >= 4 is 33.4 Å². The maximum atomic E-state index is 12.7. The Morgan fingerprint density at radius 3 is 2.78 bits per heavy atom. The van der Waals surface area contributed by atoms with Gasteiger partial charge in [0.05, 0.1) is 11.6 Å². The lowest BCUT2D eigenvalue weighted by molar-refractivity contribution is -0.137. The summed E-state index contributed by atoms with van der Waals surface area (Å²) in [5.41, 5.74) is 2.00. The Kier molecular flexibility index (Phi) is 4.76. The maximum Gasteiger partial charge on any atom is 0.228 e. The zero-order valence-corrected chi connectivity index (χ0v) is 15.3.